The minimum absolute atomic E-state index is 0.113. The van der Waals surface area contributed by atoms with Gasteiger partial charge in [-0.15, -0.1) is 0 Å². The van der Waals surface area contributed by atoms with Crippen LogP contribution >= 0.6 is 0 Å². The lowest BCUT2D eigenvalue weighted by Gasteiger charge is -2.02. The van der Waals surface area contributed by atoms with Crippen LogP contribution in [0.5, 0.6) is 5.75 Å². The summed E-state index contributed by atoms with van der Waals surface area (Å²) in [7, 11) is 1.59. The van der Waals surface area contributed by atoms with Crippen LogP contribution in [-0.2, 0) is 0 Å². The molecule has 1 N–H and O–H groups in total. The van der Waals surface area contributed by atoms with E-state index in [4.69, 9.17) is 15.1 Å². The third kappa shape index (κ3) is 3.12. The van der Waals surface area contributed by atoms with Crippen LogP contribution in [0, 0.1) is 11.3 Å². The lowest BCUT2D eigenvalue weighted by Crippen LogP contribution is -1.87. The van der Waals surface area contributed by atoms with Crippen molar-refractivity contribution in [3.63, 3.8) is 0 Å². The summed E-state index contributed by atoms with van der Waals surface area (Å²) in [6, 6.07) is 7.37. The van der Waals surface area contributed by atoms with E-state index in [1.54, 1.807) is 25.3 Å². The zero-order valence-electron chi connectivity index (χ0n) is 8.60. The van der Waals surface area contributed by atoms with Crippen LogP contribution in [0.2, 0.25) is 0 Å². The average molecular weight is 203 g/mol. The predicted molar refractivity (Wildman–Crippen MR) is 58.4 cm³/mol. The molecule has 0 amide bonds. The third-order valence-electron chi connectivity index (χ3n) is 1.97. The maximum atomic E-state index is 8.86. The van der Waals surface area contributed by atoms with Crippen LogP contribution in [0.3, 0.4) is 0 Å². The molecule has 1 rings (SSSR count). The number of nitriles is 1. The minimum Gasteiger partial charge on any atom is -0.497 e. The predicted octanol–water partition coefficient (Wildman–Crippen LogP) is 1.96. The summed E-state index contributed by atoms with van der Waals surface area (Å²) in [5.74, 6) is 0.720. The van der Waals surface area contributed by atoms with Crippen molar-refractivity contribution < 1.29 is 9.84 Å². The molecular formula is C12H13NO2. The fourth-order valence-corrected chi connectivity index (χ4v) is 1.19. The fraction of sp³-hybridized carbons (Fsp3) is 0.250. The van der Waals surface area contributed by atoms with Gasteiger partial charge in [0.1, 0.15) is 5.75 Å². The van der Waals surface area contributed by atoms with Gasteiger partial charge >= 0.3 is 0 Å². The van der Waals surface area contributed by atoms with Gasteiger partial charge in [0.05, 0.1) is 18.7 Å². The Kier molecular flexibility index (Phi) is 4.39. The van der Waals surface area contributed by atoms with E-state index in [9.17, 15) is 0 Å². The molecule has 78 valence electrons. The van der Waals surface area contributed by atoms with Gasteiger partial charge in [0, 0.05) is 6.61 Å². The number of hydrogen-bond donors (Lipinski definition) is 1. The van der Waals surface area contributed by atoms with E-state index in [0.717, 1.165) is 11.3 Å². The normalized spacial score (nSPS) is 10.2. The van der Waals surface area contributed by atoms with E-state index in [2.05, 4.69) is 6.07 Å². The number of aliphatic hydroxyl groups is 1. The Morgan fingerprint density at radius 1 is 1.53 bits per heavy atom. The van der Waals surface area contributed by atoms with E-state index in [0.29, 0.717) is 12.0 Å². The van der Waals surface area contributed by atoms with Crippen LogP contribution in [-0.4, -0.2) is 18.8 Å². The second kappa shape index (κ2) is 5.84. The molecule has 3 heteroatoms. The third-order valence-corrected chi connectivity index (χ3v) is 1.97. The quantitative estimate of drug-likeness (QED) is 0.813. The number of ether oxygens (including phenoxy) is 1. The summed E-state index contributed by atoms with van der Waals surface area (Å²) in [6.07, 6.45) is 4.23. The molecule has 0 radical (unpaired) electrons. The van der Waals surface area contributed by atoms with Crippen molar-refractivity contribution in [2.24, 2.45) is 0 Å². The SMILES string of the molecule is COc1ccc(C#N)c(C=CCCO)c1. The summed E-state index contributed by atoms with van der Waals surface area (Å²) in [5, 5.41) is 17.5. The molecule has 0 aliphatic heterocycles. The van der Waals surface area contributed by atoms with Crippen LogP contribution < -0.4 is 4.74 Å². The van der Waals surface area contributed by atoms with Crippen molar-refractivity contribution in [1.29, 1.82) is 5.26 Å². The molecule has 0 bridgehead atoms. The zero-order valence-corrected chi connectivity index (χ0v) is 8.60. The van der Waals surface area contributed by atoms with E-state index >= 15 is 0 Å². The molecule has 1 aromatic carbocycles. The summed E-state index contributed by atoms with van der Waals surface area (Å²) in [6.45, 7) is 0.113. The van der Waals surface area contributed by atoms with Crippen LogP contribution in [0.15, 0.2) is 24.3 Å². The molecule has 0 aliphatic carbocycles. The van der Waals surface area contributed by atoms with Gasteiger partial charge in [0.15, 0.2) is 0 Å². The topological polar surface area (TPSA) is 53.2 Å². The van der Waals surface area contributed by atoms with Gasteiger partial charge in [0.25, 0.3) is 0 Å². The minimum atomic E-state index is 0.113. The lowest BCUT2D eigenvalue weighted by molar-refractivity contribution is 0.303. The molecule has 0 atom stereocenters. The number of methoxy groups -OCH3 is 1. The van der Waals surface area contributed by atoms with Crippen molar-refractivity contribution in [3.8, 4) is 11.8 Å². The molecule has 0 unspecified atom stereocenters. The van der Waals surface area contributed by atoms with E-state index < -0.39 is 0 Å². The second-order valence-electron chi connectivity index (χ2n) is 2.98. The fourth-order valence-electron chi connectivity index (χ4n) is 1.19. The lowest BCUT2D eigenvalue weighted by atomic mass is 10.1. The molecule has 0 saturated carbocycles. The van der Waals surface area contributed by atoms with E-state index in [1.165, 1.54) is 0 Å². The van der Waals surface area contributed by atoms with Crippen LogP contribution in [0.4, 0.5) is 0 Å². The van der Waals surface area contributed by atoms with Gasteiger partial charge in [-0.3, -0.25) is 0 Å². The highest BCUT2D eigenvalue weighted by atomic mass is 16.5. The van der Waals surface area contributed by atoms with Crippen LogP contribution in [0.25, 0.3) is 6.08 Å². The highest BCUT2D eigenvalue weighted by Crippen LogP contribution is 2.18. The monoisotopic (exact) mass is 203 g/mol. The maximum absolute atomic E-state index is 8.86. The Bertz CT molecular complexity index is 391. The Balaban J connectivity index is 2.97. The van der Waals surface area contributed by atoms with E-state index in [-0.39, 0.29) is 6.61 Å². The first-order valence-electron chi connectivity index (χ1n) is 4.67. The maximum Gasteiger partial charge on any atom is 0.119 e. The highest BCUT2D eigenvalue weighted by molar-refractivity contribution is 5.60. The van der Waals surface area contributed by atoms with Crippen molar-refractivity contribution in [1.82, 2.24) is 0 Å². The van der Waals surface area contributed by atoms with Crippen molar-refractivity contribution in [2.75, 3.05) is 13.7 Å². The summed E-state index contributed by atoms with van der Waals surface area (Å²) < 4.78 is 5.07. The van der Waals surface area contributed by atoms with Gasteiger partial charge in [0.2, 0.25) is 0 Å². The molecule has 0 spiro atoms. The van der Waals surface area contributed by atoms with Gasteiger partial charge in [-0.05, 0) is 30.2 Å². The largest absolute Gasteiger partial charge is 0.497 e. The Hall–Kier alpha value is -1.79. The summed E-state index contributed by atoms with van der Waals surface area (Å²) in [5.41, 5.74) is 1.41. The molecule has 0 aromatic heterocycles. The first kappa shape index (κ1) is 11.3. The molecule has 15 heavy (non-hydrogen) atoms. The second-order valence-corrected chi connectivity index (χ2v) is 2.98. The van der Waals surface area contributed by atoms with Crippen molar-refractivity contribution in [3.05, 3.63) is 35.4 Å². The first-order chi connectivity index (χ1) is 7.31. The van der Waals surface area contributed by atoms with E-state index in [1.807, 2.05) is 12.2 Å². The Labute approximate surface area is 89.2 Å². The van der Waals surface area contributed by atoms with Crippen LogP contribution in [0.1, 0.15) is 17.5 Å². The summed E-state index contributed by atoms with van der Waals surface area (Å²) >= 11 is 0. The number of hydrogen-bond acceptors (Lipinski definition) is 3. The van der Waals surface area contributed by atoms with Gasteiger partial charge in [-0.25, -0.2) is 0 Å². The number of benzene rings is 1. The summed E-state index contributed by atoms with van der Waals surface area (Å²) in [4.78, 5) is 0. The molecule has 0 aliphatic rings. The Morgan fingerprint density at radius 3 is 2.93 bits per heavy atom. The molecule has 0 heterocycles. The van der Waals surface area contributed by atoms with Gasteiger partial charge in [-0.1, -0.05) is 12.2 Å². The molecule has 1 aromatic rings. The smallest absolute Gasteiger partial charge is 0.119 e. The number of aliphatic hydroxyl groups excluding tert-OH is 1. The number of rotatable bonds is 4. The molecule has 3 nitrogen and oxygen atoms in total. The standard InChI is InChI=1S/C12H13NO2/c1-15-12-6-5-11(9-13)10(8-12)4-2-3-7-14/h2,4-6,8,14H,3,7H2,1H3. The molecule has 0 saturated heterocycles. The molecule has 0 fully saturated rings. The number of nitrogens with zero attached hydrogens (tertiary/aromatic N) is 1. The zero-order chi connectivity index (χ0) is 11.1. The molecular weight excluding hydrogens is 190 g/mol. The highest BCUT2D eigenvalue weighted by Gasteiger charge is 2.00. The van der Waals surface area contributed by atoms with Gasteiger partial charge < -0.3 is 9.84 Å². The first-order valence-corrected chi connectivity index (χ1v) is 4.67. The van der Waals surface area contributed by atoms with Gasteiger partial charge in [-0.2, -0.15) is 5.26 Å². The Morgan fingerprint density at radius 2 is 2.33 bits per heavy atom. The van der Waals surface area contributed by atoms with Crippen molar-refractivity contribution >= 4 is 6.08 Å². The average Bonchev–Trinajstić information content (AvgIpc) is 2.29. The van der Waals surface area contributed by atoms with Crippen molar-refractivity contribution in [2.45, 2.75) is 6.42 Å².